The van der Waals surface area contributed by atoms with E-state index in [0.717, 1.165) is 18.7 Å². The second kappa shape index (κ2) is 7.58. The third-order valence-electron chi connectivity index (χ3n) is 3.96. The summed E-state index contributed by atoms with van der Waals surface area (Å²) < 4.78 is 32.1. The van der Waals surface area contributed by atoms with Crippen molar-refractivity contribution in [2.24, 2.45) is 0 Å². The SMILES string of the molecule is O=C(Nc1cccc(CN2CCOCC2)c1)c1c(O)cc(F)cc1F. The number of carbonyl (C=O) groups is 1. The fourth-order valence-corrected chi connectivity index (χ4v) is 2.74. The summed E-state index contributed by atoms with van der Waals surface area (Å²) in [6, 6.07) is 8.43. The summed E-state index contributed by atoms with van der Waals surface area (Å²) in [6.45, 7) is 3.78. The molecular weight excluding hydrogens is 330 g/mol. The van der Waals surface area contributed by atoms with E-state index in [-0.39, 0.29) is 0 Å². The Balaban J connectivity index is 1.72. The largest absolute Gasteiger partial charge is 0.507 e. The maximum Gasteiger partial charge on any atom is 0.262 e. The Morgan fingerprint density at radius 2 is 1.96 bits per heavy atom. The lowest BCUT2D eigenvalue weighted by atomic mass is 10.1. The van der Waals surface area contributed by atoms with Crippen molar-refractivity contribution in [2.75, 3.05) is 31.6 Å². The molecule has 0 atom stereocenters. The lowest BCUT2D eigenvalue weighted by Crippen LogP contribution is -2.35. The van der Waals surface area contributed by atoms with Crippen molar-refractivity contribution in [1.82, 2.24) is 4.90 Å². The number of phenolic OH excluding ortho intramolecular Hbond substituents is 1. The van der Waals surface area contributed by atoms with E-state index in [9.17, 15) is 18.7 Å². The van der Waals surface area contributed by atoms with E-state index in [0.29, 0.717) is 37.6 Å². The molecule has 1 aliphatic rings. The highest BCUT2D eigenvalue weighted by molar-refractivity contribution is 6.06. The molecule has 2 aromatic carbocycles. The summed E-state index contributed by atoms with van der Waals surface area (Å²) in [4.78, 5) is 14.4. The van der Waals surface area contributed by atoms with Gasteiger partial charge < -0.3 is 15.2 Å². The van der Waals surface area contributed by atoms with Crippen molar-refractivity contribution in [3.63, 3.8) is 0 Å². The van der Waals surface area contributed by atoms with Gasteiger partial charge in [-0.15, -0.1) is 0 Å². The molecule has 7 heteroatoms. The molecule has 0 unspecified atom stereocenters. The van der Waals surface area contributed by atoms with E-state index in [1.54, 1.807) is 18.2 Å². The monoisotopic (exact) mass is 348 g/mol. The first-order chi connectivity index (χ1) is 12.0. The lowest BCUT2D eigenvalue weighted by Gasteiger charge is -2.26. The first-order valence-electron chi connectivity index (χ1n) is 7.91. The minimum absolute atomic E-state index is 0.471. The molecule has 1 fully saturated rings. The molecule has 3 rings (SSSR count). The molecule has 1 heterocycles. The second-order valence-corrected chi connectivity index (χ2v) is 5.82. The van der Waals surface area contributed by atoms with Crippen molar-refractivity contribution >= 4 is 11.6 Å². The van der Waals surface area contributed by atoms with Crippen LogP contribution in [0.3, 0.4) is 0 Å². The molecule has 0 aromatic heterocycles. The van der Waals surface area contributed by atoms with Gasteiger partial charge in [0.1, 0.15) is 22.9 Å². The highest BCUT2D eigenvalue weighted by Gasteiger charge is 2.19. The van der Waals surface area contributed by atoms with Gasteiger partial charge in [0.2, 0.25) is 0 Å². The number of anilines is 1. The number of ether oxygens (including phenoxy) is 1. The molecule has 0 bridgehead atoms. The Morgan fingerprint density at radius 1 is 1.20 bits per heavy atom. The van der Waals surface area contributed by atoms with E-state index in [1.165, 1.54) is 0 Å². The summed E-state index contributed by atoms with van der Waals surface area (Å²) >= 11 is 0. The van der Waals surface area contributed by atoms with Crippen LogP contribution in [0.2, 0.25) is 0 Å². The predicted molar refractivity (Wildman–Crippen MR) is 88.5 cm³/mol. The van der Waals surface area contributed by atoms with Gasteiger partial charge in [0.25, 0.3) is 5.91 Å². The van der Waals surface area contributed by atoms with Crippen LogP contribution in [-0.4, -0.2) is 42.2 Å². The molecule has 0 radical (unpaired) electrons. The molecule has 25 heavy (non-hydrogen) atoms. The highest BCUT2D eigenvalue weighted by Crippen LogP contribution is 2.23. The standard InChI is InChI=1S/C18H18F2N2O3/c19-13-9-15(20)17(16(23)10-13)18(24)21-14-3-1-2-12(8-14)11-22-4-6-25-7-5-22/h1-3,8-10,23H,4-7,11H2,(H,21,24). The molecule has 2 N–H and O–H groups in total. The number of carbonyl (C=O) groups excluding carboxylic acids is 1. The number of nitrogens with zero attached hydrogens (tertiary/aromatic N) is 1. The summed E-state index contributed by atoms with van der Waals surface area (Å²) in [5.74, 6) is -3.63. The third kappa shape index (κ3) is 4.32. The normalized spacial score (nSPS) is 15.1. The van der Waals surface area contributed by atoms with E-state index in [4.69, 9.17) is 4.74 Å². The number of aromatic hydroxyl groups is 1. The zero-order chi connectivity index (χ0) is 17.8. The molecule has 0 spiro atoms. The van der Waals surface area contributed by atoms with Crippen LogP contribution < -0.4 is 5.32 Å². The molecule has 5 nitrogen and oxygen atoms in total. The van der Waals surface area contributed by atoms with Crippen molar-refractivity contribution in [2.45, 2.75) is 6.54 Å². The van der Waals surface area contributed by atoms with Gasteiger partial charge in [-0.05, 0) is 17.7 Å². The minimum Gasteiger partial charge on any atom is -0.507 e. The van der Waals surface area contributed by atoms with Gasteiger partial charge in [0.15, 0.2) is 0 Å². The maximum atomic E-state index is 13.8. The molecular formula is C18H18F2N2O3. The zero-order valence-corrected chi connectivity index (χ0v) is 13.5. The second-order valence-electron chi connectivity index (χ2n) is 5.82. The fourth-order valence-electron chi connectivity index (χ4n) is 2.74. The average molecular weight is 348 g/mol. The Labute approximate surface area is 143 Å². The van der Waals surface area contributed by atoms with E-state index < -0.39 is 28.9 Å². The number of benzene rings is 2. The topological polar surface area (TPSA) is 61.8 Å². The van der Waals surface area contributed by atoms with Crippen LogP contribution in [0.4, 0.5) is 14.5 Å². The number of rotatable bonds is 4. The molecule has 0 aliphatic carbocycles. The van der Waals surface area contributed by atoms with E-state index in [2.05, 4.69) is 10.2 Å². The summed E-state index contributed by atoms with van der Waals surface area (Å²) in [5.41, 5.74) is 0.877. The van der Waals surface area contributed by atoms with Gasteiger partial charge in [0, 0.05) is 37.5 Å². The zero-order valence-electron chi connectivity index (χ0n) is 13.5. The molecule has 1 aliphatic heterocycles. The van der Waals surface area contributed by atoms with Crippen LogP contribution in [0.25, 0.3) is 0 Å². The van der Waals surface area contributed by atoms with Gasteiger partial charge in [-0.3, -0.25) is 9.69 Å². The number of halogens is 2. The maximum absolute atomic E-state index is 13.8. The van der Waals surface area contributed by atoms with Crippen LogP contribution in [-0.2, 0) is 11.3 Å². The first-order valence-corrected chi connectivity index (χ1v) is 7.91. The molecule has 132 valence electrons. The van der Waals surface area contributed by atoms with Gasteiger partial charge in [0.05, 0.1) is 13.2 Å². The number of morpholine rings is 1. The number of amides is 1. The molecule has 1 amide bonds. The predicted octanol–water partition coefficient (Wildman–Crippen LogP) is 2.75. The van der Waals surface area contributed by atoms with Crippen molar-refractivity contribution in [3.05, 3.63) is 59.2 Å². The van der Waals surface area contributed by atoms with Crippen molar-refractivity contribution < 1.29 is 23.4 Å². The van der Waals surface area contributed by atoms with E-state index in [1.807, 2.05) is 6.07 Å². The van der Waals surface area contributed by atoms with Crippen LogP contribution in [0.5, 0.6) is 5.75 Å². The van der Waals surface area contributed by atoms with Crippen LogP contribution >= 0.6 is 0 Å². The van der Waals surface area contributed by atoms with Crippen LogP contribution in [0, 0.1) is 11.6 Å². The number of phenols is 1. The fraction of sp³-hybridized carbons (Fsp3) is 0.278. The summed E-state index contributed by atoms with van der Waals surface area (Å²) in [7, 11) is 0. The highest BCUT2D eigenvalue weighted by atomic mass is 19.1. The Kier molecular flexibility index (Phi) is 5.25. The number of nitrogens with one attached hydrogen (secondary N) is 1. The van der Waals surface area contributed by atoms with Gasteiger partial charge in [-0.1, -0.05) is 12.1 Å². The first kappa shape index (κ1) is 17.3. The van der Waals surface area contributed by atoms with Gasteiger partial charge >= 0.3 is 0 Å². The van der Waals surface area contributed by atoms with E-state index >= 15 is 0 Å². The Morgan fingerprint density at radius 3 is 2.68 bits per heavy atom. The quantitative estimate of drug-likeness (QED) is 0.892. The molecule has 0 saturated carbocycles. The van der Waals surface area contributed by atoms with Crippen molar-refractivity contribution in [1.29, 1.82) is 0 Å². The van der Waals surface area contributed by atoms with Gasteiger partial charge in [-0.2, -0.15) is 0 Å². The van der Waals surface area contributed by atoms with Crippen LogP contribution in [0.1, 0.15) is 15.9 Å². The van der Waals surface area contributed by atoms with Crippen LogP contribution in [0.15, 0.2) is 36.4 Å². The number of hydrogen-bond donors (Lipinski definition) is 2. The minimum atomic E-state index is -1.11. The summed E-state index contributed by atoms with van der Waals surface area (Å²) in [6.07, 6.45) is 0. The average Bonchev–Trinajstić information content (AvgIpc) is 2.55. The van der Waals surface area contributed by atoms with Crippen molar-refractivity contribution in [3.8, 4) is 5.75 Å². The molecule has 2 aromatic rings. The Bertz CT molecular complexity index is 754. The smallest absolute Gasteiger partial charge is 0.262 e. The lowest BCUT2D eigenvalue weighted by molar-refractivity contribution is 0.0342. The Hall–Kier alpha value is -2.51. The third-order valence-corrected chi connectivity index (χ3v) is 3.96. The van der Waals surface area contributed by atoms with Gasteiger partial charge in [-0.25, -0.2) is 8.78 Å². The summed E-state index contributed by atoms with van der Waals surface area (Å²) in [5, 5.41) is 12.2. The number of hydrogen-bond acceptors (Lipinski definition) is 4. The molecule has 1 saturated heterocycles.